The maximum Gasteiger partial charge on any atom is 0.223 e. The molecule has 138 valence electrons. The Morgan fingerprint density at radius 1 is 1.04 bits per heavy atom. The third-order valence-electron chi connectivity index (χ3n) is 5.13. The number of amides is 1. The summed E-state index contributed by atoms with van der Waals surface area (Å²) in [5.41, 5.74) is 2.04. The third-order valence-corrected chi connectivity index (χ3v) is 5.13. The Morgan fingerprint density at radius 2 is 1.81 bits per heavy atom. The number of carbonyl (C=O) groups is 1. The molecule has 0 spiro atoms. The van der Waals surface area contributed by atoms with Crippen LogP contribution >= 0.6 is 0 Å². The van der Waals surface area contributed by atoms with Gasteiger partial charge in [-0.05, 0) is 42.7 Å². The predicted octanol–water partition coefficient (Wildman–Crippen LogP) is 5.38. The molecule has 3 nitrogen and oxygen atoms in total. The van der Waals surface area contributed by atoms with Crippen LogP contribution in [0.1, 0.15) is 36.6 Å². The highest BCUT2D eigenvalue weighted by Gasteiger charge is 2.29. The molecule has 0 saturated carbocycles. The number of hydrogen-bond donors (Lipinski definition) is 0. The van der Waals surface area contributed by atoms with E-state index in [0.717, 1.165) is 42.0 Å². The van der Waals surface area contributed by atoms with Crippen molar-refractivity contribution in [1.29, 1.82) is 0 Å². The molecular weight excluding hydrogens is 341 g/mol. The molecule has 2 aromatic carbocycles. The van der Waals surface area contributed by atoms with Gasteiger partial charge in [-0.1, -0.05) is 42.5 Å². The Labute approximate surface area is 158 Å². The molecule has 1 aliphatic rings. The standard InChI is InChI=1S/C23H22FNO2/c24-19-10-8-17(9-11-19)21-7-4-16-25(21)23(26)15-13-20-12-14-22(27-20)18-5-2-1-3-6-18/h1-3,5-6,8-12,14,21H,4,7,13,15-16H2/t21-/m1/s1. The van der Waals surface area contributed by atoms with Crippen molar-refractivity contribution in [1.82, 2.24) is 4.90 Å². The van der Waals surface area contributed by atoms with Crippen LogP contribution in [-0.2, 0) is 11.2 Å². The van der Waals surface area contributed by atoms with Crippen molar-refractivity contribution in [2.45, 2.75) is 31.7 Å². The van der Waals surface area contributed by atoms with Gasteiger partial charge in [-0.3, -0.25) is 4.79 Å². The van der Waals surface area contributed by atoms with Gasteiger partial charge in [-0.25, -0.2) is 4.39 Å². The number of nitrogens with zero attached hydrogens (tertiary/aromatic N) is 1. The maximum atomic E-state index is 13.2. The molecule has 4 heteroatoms. The second-order valence-corrected chi connectivity index (χ2v) is 6.93. The molecular formula is C23H22FNO2. The van der Waals surface area contributed by atoms with Crippen LogP contribution in [0.3, 0.4) is 0 Å². The van der Waals surface area contributed by atoms with Gasteiger partial charge < -0.3 is 9.32 Å². The van der Waals surface area contributed by atoms with Gasteiger partial charge in [0.1, 0.15) is 17.3 Å². The number of aryl methyl sites for hydroxylation is 1. The largest absolute Gasteiger partial charge is 0.461 e. The minimum atomic E-state index is -0.248. The lowest BCUT2D eigenvalue weighted by molar-refractivity contribution is -0.132. The Hall–Kier alpha value is -2.88. The fraction of sp³-hybridized carbons (Fsp3) is 0.261. The van der Waals surface area contributed by atoms with E-state index in [0.29, 0.717) is 12.8 Å². The molecule has 0 N–H and O–H groups in total. The lowest BCUT2D eigenvalue weighted by Crippen LogP contribution is -2.30. The predicted molar refractivity (Wildman–Crippen MR) is 103 cm³/mol. The third kappa shape index (κ3) is 3.95. The lowest BCUT2D eigenvalue weighted by atomic mass is 10.0. The van der Waals surface area contributed by atoms with Crippen LogP contribution in [0.4, 0.5) is 4.39 Å². The van der Waals surface area contributed by atoms with Crippen LogP contribution in [0.2, 0.25) is 0 Å². The van der Waals surface area contributed by atoms with E-state index in [9.17, 15) is 9.18 Å². The zero-order valence-corrected chi connectivity index (χ0v) is 15.1. The summed E-state index contributed by atoms with van der Waals surface area (Å²) in [4.78, 5) is 14.7. The molecule has 1 aliphatic heterocycles. The van der Waals surface area contributed by atoms with E-state index in [-0.39, 0.29) is 17.8 Å². The van der Waals surface area contributed by atoms with Crippen molar-refractivity contribution in [3.8, 4) is 11.3 Å². The van der Waals surface area contributed by atoms with E-state index in [2.05, 4.69) is 0 Å². The van der Waals surface area contributed by atoms with Crippen LogP contribution in [0.15, 0.2) is 71.1 Å². The maximum absolute atomic E-state index is 13.2. The zero-order chi connectivity index (χ0) is 18.6. The second kappa shape index (κ2) is 7.78. The molecule has 1 aromatic heterocycles. The number of carbonyl (C=O) groups excluding carboxylic acids is 1. The Balaban J connectivity index is 1.39. The first-order chi connectivity index (χ1) is 13.2. The number of halogens is 1. The molecule has 0 bridgehead atoms. The van der Waals surface area contributed by atoms with Crippen LogP contribution < -0.4 is 0 Å². The van der Waals surface area contributed by atoms with Gasteiger partial charge in [0.2, 0.25) is 5.91 Å². The quantitative estimate of drug-likeness (QED) is 0.610. The Bertz CT molecular complexity index is 902. The van der Waals surface area contributed by atoms with Crippen molar-refractivity contribution in [2.24, 2.45) is 0 Å². The average Bonchev–Trinajstić information content (AvgIpc) is 3.37. The minimum Gasteiger partial charge on any atom is -0.461 e. The van der Waals surface area contributed by atoms with Gasteiger partial charge >= 0.3 is 0 Å². The van der Waals surface area contributed by atoms with Gasteiger partial charge in [0.25, 0.3) is 0 Å². The van der Waals surface area contributed by atoms with Gasteiger partial charge in [0, 0.05) is 24.9 Å². The molecule has 1 fully saturated rings. The SMILES string of the molecule is O=C(CCc1ccc(-c2ccccc2)o1)N1CCC[C@@H]1c1ccc(F)cc1. The summed E-state index contributed by atoms with van der Waals surface area (Å²) in [5, 5.41) is 0. The van der Waals surface area contributed by atoms with E-state index in [1.165, 1.54) is 12.1 Å². The van der Waals surface area contributed by atoms with Gasteiger partial charge in [0.15, 0.2) is 0 Å². The minimum absolute atomic E-state index is 0.0505. The zero-order valence-electron chi connectivity index (χ0n) is 15.1. The summed E-state index contributed by atoms with van der Waals surface area (Å²) in [6.45, 7) is 0.758. The first-order valence-corrected chi connectivity index (χ1v) is 9.40. The highest BCUT2D eigenvalue weighted by Crippen LogP contribution is 2.32. The van der Waals surface area contributed by atoms with E-state index >= 15 is 0 Å². The number of hydrogen-bond acceptors (Lipinski definition) is 2. The van der Waals surface area contributed by atoms with Crippen molar-refractivity contribution < 1.29 is 13.6 Å². The van der Waals surface area contributed by atoms with E-state index < -0.39 is 0 Å². The molecule has 0 unspecified atom stereocenters. The molecule has 4 rings (SSSR count). The van der Waals surface area contributed by atoms with Crippen LogP contribution in [0.25, 0.3) is 11.3 Å². The Kier molecular flexibility index (Phi) is 5.05. The first kappa shape index (κ1) is 17.5. The lowest BCUT2D eigenvalue weighted by Gasteiger charge is -2.25. The van der Waals surface area contributed by atoms with E-state index in [4.69, 9.17) is 4.42 Å². The molecule has 1 atom stereocenters. The van der Waals surface area contributed by atoms with Crippen molar-refractivity contribution >= 4 is 5.91 Å². The molecule has 0 radical (unpaired) electrons. The smallest absolute Gasteiger partial charge is 0.223 e. The van der Waals surface area contributed by atoms with Gasteiger partial charge in [0.05, 0.1) is 6.04 Å². The summed E-state index contributed by atoms with van der Waals surface area (Å²) in [6, 6.07) is 20.4. The summed E-state index contributed by atoms with van der Waals surface area (Å²) in [7, 11) is 0. The van der Waals surface area contributed by atoms with Crippen LogP contribution in [-0.4, -0.2) is 17.4 Å². The summed E-state index contributed by atoms with van der Waals surface area (Å²) in [5.74, 6) is 1.52. The van der Waals surface area contributed by atoms with Gasteiger partial charge in [-0.2, -0.15) is 0 Å². The highest BCUT2D eigenvalue weighted by atomic mass is 19.1. The van der Waals surface area contributed by atoms with Crippen molar-refractivity contribution in [3.63, 3.8) is 0 Å². The summed E-state index contributed by atoms with van der Waals surface area (Å²) < 4.78 is 19.1. The number of benzene rings is 2. The molecule has 1 saturated heterocycles. The highest BCUT2D eigenvalue weighted by molar-refractivity contribution is 5.77. The fourth-order valence-electron chi connectivity index (χ4n) is 3.74. The topological polar surface area (TPSA) is 33.5 Å². The van der Waals surface area contributed by atoms with Crippen LogP contribution in [0, 0.1) is 5.82 Å². The van der Waals surface area contributed by atoms with E-state index in [1.54, 1.807) is 12.1 Å². The van der Waals surface area contributed by atoms with E-state index in [1.807, 2.05) is 47.4 Å². The average molecular weight is 363 g/mol. The molecule has 1 amide bonds. The normalized spacial score (nSPS) is 16.6. The number of likely N-dealkylation sites (tertiary alicyclic amines) is 1. The summed E-state index contributed by atoms with van der Waals surface area (Å²) >= 11 is 0. The molecule has 2 heterocycles. The number of furan rings is 1. The molecule has 0 aliphatic carbocycles. The molecule has 27 heavy (non-hydrogen) atoms. The Morgan fingerprint density at radius 3 is 2.59 bits per heavy atom. The fourth-order valence-corrected chi connectivity index (χ4v) is 3.74. The second-order valence-electron chi connectivity index (χ2n) is 6.93. The first-order valence-electron chi connectivity index (χ1n) is 9.40. The number of rotatable bonds is 5. The molecule has 3 aromatic rings. The van der Waals surface area contributed by atoms with Gasteiger partial charge in [-0.15, -0.1) is 0 Å². The summed E-state index contributed by atoms with van der Waals surface area (Å²) in [6.07, 6.45) is 2.90. The van der Waals surface area contributed by atoms with Crippen molar-refractivity contribution in [3.05, 3.63) is 83.9 Å². The van der Waals surface area contributed by atoms with Crippen molar-refractivity contribution in [2.75, 3.05) is 6.54 Å². The monoisotopic (exact) mass is 363 g/mol. The van der Waals surface area contributed by atoms with Crippen LogP contribution in [0.5, 0.6) is 0 Å².